The van der Waals surface area contributed by atoms with Crippen molar-refractivity contribution >= 4 is 34.9 Å². The van der Waals surface area contributed by atoms with Crippen LogP contribution in [0.2, 0.25) is 10.0 Å². The first-order chi connectivity index (χ1) is 15.9. The van der Waals surface area contributed by atoms with Crippen LogP contribution in [0.25, 0.3) is 5.95 Å². The van der Waals surface area contributed by atoms with Gasteiger partial charge < -0.3 is 9.64 Å². The van der Waals surface area contributed by atoms with Gasteiger partial charge >= 0.3 is 18.6 Å². The van der Waals surface area contributed by atoms with Crippen molar-refractivity contribution in [2.75, 3.05) is 19.0 Å². The molecule has 0 unspecified atom stereocenters. The molecule has 0 saturated carbocycles. The number of benzene rings is 1. The summed E-state index contributed by atoms with van der Waals surface area (Å²) in [6.07, 6.45) is -4.60. The third kappa shape index (κ3) is 5.14. The van der Waals surface area contributed by atoms with Gasteiger partial charge in [-0.2, -0.15) is 27.3 Å². The number of hydrogen-bond acceptors (Lipinski definition) is 6. The first kappa shape index (κ1) is 25.4. The summed E-state index contributed by atoms with van der Waals surface area (Å²) < 4.78 is 57.3. The van der Waals surface area contributed by atoms with E-state index in [1.165, 1.54) is 42.4 Å². The maximum Gasteiger partial charge on any atom is 0.461 e. The Morgan fingerprint density at radius 2 is 1.76 bits per heavy atom. The van der Waals surface area contributed by atoms with Crippen LogP contribution in [0.1, 0.15) is 18.8 Å². The summed E-state index contributed by atoms with van der Waals surface area (Å²) >= 11 is 12.0. The zero-order chi connectivity index (χ0) is 25.2. The van der Waals surface area contributed by atoms with Gasteiger partial charge in [0.25, 0.3) is 5.95 Å². The Hall–Kier alpha value is -3.19. The van der Waals surface area contributed by atoms with Crippen LogP contribution in [0.3, 0.4) is 0 Å². The predicted molar refractivity (Wildman–Crippen MR) is 115 cm³/mol. The van der Waals surface area contributed by atoms with Gasteiger partial charge in [0.05, 0.1) is 21.8 Å². The Morgan fingerprint density at radius 1 is 1.12 bits per heavy atom. The summed E-state index contributed by atoms with van der Waals surface area (Å²) in [5, 5.41) is 3.54. The molecule has 2 amide bonds. The number of aromatic nitrogens is 5. The quantitative estimate of drug-likeness (QED) is 0.413. The third-order valence-electron chi connectivity index (χ3n) is 4.72. The number of urea groups is 1. The van der Waals surface area contributed by atoms with Crippen molar-refractivity contribution < 1.29 is 27.1 Å². The van der Waals surface area contributed by atoms with Gasteiger partial charge in [-0.1, -0.05) is 23.2 Å². The monoisotopic (exact) mass is 521 g/mol. The van der Waals surface area contributed by atoms with Gasteiger partial charge in [0.1, 0.15) is 12.1 Å². The van der Waals surface area contributed by atoms with E-state index >= 15 is 0 Å². The van der Waals surface area contributed by atoms with Gasteiger partial charge in [-0.3, -0.25) is 4.90 Å². The number of halogens is 6. The zero-order valence-electron chi connectivity index (χ0n) is 17.8. The van der Waals surface area contributed by atoms with Crippen LogP contribution in [0, 0.1) is 0 Å². The van der Waals surface area contributed by atoms with E-state index < -0.39 is 35.4 Å². The van der Waals surface area contributed by atoms with Crippen LogP contribution in [0.15, 0.2) is 36.9 Å². The highest BCUT2D eigenvalue weighted by Gasteiger charge is 2.44. The van der Waals surface area contributed by atoms with Crippen molar-refractivity contribution in [3.63, 3.8) is 0 Å². The highest BCUT2D eigenvalue weighted by molar-refractivity contribution is 6.37. The van der Waals surface area contributed by atoms with Crippen molar-refractivity contribution in [3.05, 3.63) is 52.8 Å². The Kier molecular flexibility index (Phi) is 7.46. The topological polar surface area (TPSA) is 89.3 Å². The van der Waals surface area contributed by atoms with Gasteiger partial charge in [0, 0.05) is 32.6 Å². The summed E-state index contributed by atoms with van der Waals surface area (Å²) in [6, 6.07) is 2.20. The van der Waals surface area contributed by atoms with Crippen LogP contribution in [0.4, 0.5) is 28.0 Å². The van der Waals surface area contributed by atoms with E-state index in [9.17, 15) is 22.4 Å². The number of amides is 2. The second-order valence-corrected chi connectivity index (χ2v) is 7.72. The number of alkyl halides is 4. The van der Waals surface area contributed by atoms with Gasteiger partial charge in [-0.05, 0) is 19.1 Å². The van der Waals surface area contributed by atoms with Crippen LogP contribution < -0.4 is 9.64 Å². The van der Waals surface area contributed by atoms with Crippen molar-refractivity contribution in [1.29, 1.82) is 0 Å². The van der Waals surface area contributed by atoms with E-state index in [1.54, 1.807) is 13.0 Å². The lowest BCUT2D eigenvalue weighted by atomic mass is 10.2. The third-order valence-corrected chi connectivity index (χ3v) is 5.32. The standard InChI is InChI=1S/C19H17Cl2F4N7O2/c1-10(15-28-9-29-32(15)17-26-5-4-6-27-17)30(2)18(33)31(3)13-8-14(12(21)7-11(13)20)34-19(24,25)16(22)23/h4-10,16H,1-3H3/t10-/m0/s1. The van der Waals surface area contributed by atoms with E-state index in [-0.39, 0.29) is 16.7 Å². The molecule has 0 saturated heterocycles. The molecule has 9 nitrogen and oxygen atoms in total. The van der Waals surface area contributed by atoms with Crippen molar-refractivity contribution in [3.8, 4) is 11.7 Å². The Bertz CT molecular complexity index is 1170. The summed E-state index contributed by atoms with van der Waals surface area (Å²) in [7, 11) is 2.77. The molecule has 0 fully saturated rings. The van der Waals surface area contributed by atoms with Gasteiger partial charge in [0.2, 0.25) is 0 Å². The largest absolute Gasteiger partial charge is 0.461 e. The number of carbonyl (C=O) groups is 1. The molecule has 0 aliphatic heterocycles. The smallest absolute Gasteiger partial charge is 0.427 e. The fourth-order valence-electron chi connectivity index (χ4n) is 2.81. The number of anilines is 1. The lowest BCUT2D eigenvalue weighted by Gasteiger charge is -2.30. The van der Waals surface area contributed by atoms with Crippen molar-refractivity contribution in [2.24, 2.45) is 0 Å². The highest BCUT2D eigenvalue weighted by atomic mass is 35.5. The highest BCUT2D eigenvalue weighted by Crippen LogP contribution is 2.39. The Morgan fingerprint density at radius 3 is 2.38 bits per heavy atom. The molecule has 2 heterocycles. The number of nitrogens with zero attached hydrogens (tertiary/aromatic N) is 7. The van der Waals surface area contributed by atoms with E-state index in [2.05, 4.69) is 24.8 Å². The lowest BCUT2D eigenvalue weighted by molar-refractivity contribution is -0.253. The molecule has 0 N–H and O–H groups in total. The van der Waals surface area contributed by atoms with Crippen LogP contribution in [0.5, 0.6) is 5.75 Å². The minimum atomic E-state index is -4.80. The molecular formula is C19H17Cl2F4N7O2. The molecule has 34 heavy (non-hydrogen) atoms. The summed E-state index contributed by atoms with van der Waals surface area (Å²) in [5.41, 5.74) is -0.108. The zero-order valence-corrected chi connectivity index (χ0v) is 19.3. The Balaban J connectivity index is 1.87. The van der Waals surface area contributed by atoms with E-state index in [0.29, 0.717) is 5.82 Å². The maximum absolute atomic E-state index is 13.4. The number of ether oxygens (including phenoxy) is 1. The maximum atomic E-state index is 13.4. The second-order valence-electron chi connectivity index (χ2n) is 6.91. The fraction of sp³-hybridized carbons (Fsp3) is 0.316. The van der Waals surface area contributed by atoms with Gasteiger partial charge in [0.15, 0.2) is 5.82 Å². The first-order valence-corrected chi connectivity index (χ1v) is 10.2. The minimum Gasteiger partial charge on any atom is -0.427 e. The predicted octanol–water partition coefficient (Wildman–Crippen LogP) is 4.85. The Labute approximate surface area is 200 Å². The minimum absolute atomic E-state index is 0.101. The van der Waals surface area contributed by atoms with Gasteiger partial charge in [-0.25, -0.2) is 19.7 Å². The first-order valence-electron chi connectivity index (χ1n) is 9.46. The molecule has 0 bridgehead atoms. The average Bonchev–Trinajstić information content (AvgIpc) is 3.29. The SMILES string of the molecule is C[C@@H](c1ncnn1-c1ncccn1)N(C)C(=O)N(C)c1cc(OC(F)(F)C(F)F)c(Cl)cc1Cl. The molecule has 1 aromatic carbocycles. The number of rotatable bonds is 7. The molecule has 2 aromatic heterocycles. The molecule has 1 atom stereocenters. The van der Waals surface area contributed by atoms with Crippen molar-refractivity contribution in [1.82, 2.24) is 29.6 Å². The normalized spacial score (nSPS) is 12.5. The number of carbonyl (C=O) groups excluding carboxylic acids is 1. The molecule has 0 radical (unpaired) electrons. The summed E-state index contributed by atoms with van der Waals surface area (Å²) in [5.74, 6) is -0.209. The van der Waals surface area contributed by atoms with Crippen LogP contribution in [-0.4, -0.2) is 62.3 Å². The van der Waals surface area contributed by atoms with Gasteiger partial charge in [-0.15, -0.1) is 0 Å². The molecular weight excluding hydrogens is 505 g/mol. The molecule has 15 heteroatoms. The van der Waals surface area contributed by atoms with E-state index in [1.807, 2.05) is 0 Å². The van der Waals surface area contributed by atoms with E-state index in [4.69, 9.17) is 23.2 Å². The number of hydrogen-bond donors (Lipinski definition) is 0. The molecule has 0 aliphatic rings. The van der Waals surface area contributed by atoms with Crippen molar-refractivity contribution in [2.45, 2.75) is 25.5 Å². The molecule has 182 valence electrons. The summed E-state index contributed by atoms with van der Waals surface area (Å²) in [6.45, 7) is 1.66. The lowest BCUT2D eigenvalue weighted by Crippen LogP contribution is -2.41. The molecule has 3 rings (SSSR count). The molecule has 0 spiro atoms. The fourth-order valence-corrected chi connectivity index (χ4v) is 3.36. The molecule has 3 aromatic rings. The van der Waals surface area contributed by atoms with E-state index in [0.717, 1.165) is 17.0 Å². The van der Waals surface area contributed by atoms with Crippen LogP contribution in [-0.2, 0) is 0 Å². The molecule has 0 aliphatic carbocycles. The van der Waals surface area contributed by atoms with Crippen LogP contribution >= 0.6 is 23.2 Å². The average molecular weight is 522 g/mol. The second kappa shape index (κ2) is 9.97. The summed E-state index contributed by atoms with van der Waals surface area (Å²) in [4.78, 5) is 27.8.